The second kappa shape index (κ2) is 11.3. The standard InChI is InChI=1S/C19H37N5O2/c1-4-10-23-11-6-16(7-12-23)15-21-18(20-3)22-17-8-13-24(14-9-17)19(25)26-5-2/h16-17H,4-15H2,1-3H3,(H2,20,21,22). The minimum absolute atomic E-state index is 0.192. The van der Waals surface area contributed by atoms with Gasteiger partial charge in [0.25, 0.3) is 0 Å². The van der Waals surface area contributed by atoms with Crippen LogP contribution in [0.1, 0.15) is 46.0 Å². The van der Waals surface area contributed by atoms with Crippen LogP contribution < -0.4 is 10.6 Å². The number of rotatable bonds is 6. The summed E-state index contributed by atoms with van der Waals surface area (Å²) in [5.74, 6) is 1.61. The lowest BCUT2D eigenvalue weighted by Crippen LogP contribution is -2.50. The van der Waals surface area contributed by atoms with Gasteiger partial charge in [-0.1, -0.05) is 6.92 Å². The Bertz CT molecular complexity index is 441. The number of guanidine groups is 1. The zero-order valence-corrected chi connectivity index (χ0v) is 16.8. The number of nitrogens with zero attached hydrogens (tertiary/aromatic N) is 3. The maximum atomic E-state index is 11.8. The highest BCUT2D eigenvalue weighted by Gasteiger charge is 2.24. The maximum Gasteiger partial charge on any atom is 0.409 e. The molecular weight excluding hydrogens is 330 g/mol. The molecule has 2 aliphatic rings. The van der Waals surface area contributed by atoms with Gasteiger partial charge in [0, 0.05) is 32.7 Å². The molecule has 7 heteroatoms. The fourth-order valence-electron chi connectivity index (χ4n) is 3.78. The number of likely N-dealkylation sites (tertiary alicyclic amines) is 2. The number of ether oxygens (including phenoxy) is 1. The second-order valence-electron chi connectivity index (χ2n) is 7.34. The first kappa shape index (κ1) is 20.8. The van der Waals surface area contributed by atoms with Crippen LogP contribution in [0.2, 0.25) is 0 Å². The molecule has 2 heterocycles. The molecule has 0 aliphatic carbocycles. The number of hydrogen-bond acceptors (Lipinski definition) is 4. The number of carbonyl (C=O) groups is 1. The van der Waals surface area contributed by atoms with Gasteiger partial charge < -0.3 is 25.2 Å². The Balaban J connectivity index is 1.65. The van der Waals surface area contributed by atoms with Crippen LogP contribution in [0.25, 0.3) is 0 Å². The van der Waals surface area contributed by atoms with Crippen molar-refractivity contribution in [3.8, 4) is 0 Å². The Morgan fingerprint density at radius 2 is 1.81 bits per heavy atom. The summed E-state index contributed by atoms with van der Waals surface area (Å²) in [4.78, 5) is 20.5. The molecule has 2 fully saturated rings. The third kappa shape index (κ3) is 6.67. The SMILES string of the molecule is CCCN1CCC(CNC(=NC)NC2CCN(C(=O)OCC)CC2)CC1. The molecule has 0 saturated carbocycles. The van der Waals surface area contributed by atoms with Gasteiger partial charge in [-0.3, -0.25) is 4.99 Å². The lowest BCUT2D eigenvalue weighted by molar-refractivity contribution is 0.0963. The molecule has 0 bridgehead atoms. The zero-order valence-electron chi connectivity index (χ0n) is 16.8. The smallest absolute Gasteiger partial charge is 0.409 e. The Morgan fingerprint density at radius 1 is 1.12 bits per heavy atom. The molecule has 7 nitrogen and oxygen atoms in total. The number of hydrogen-bond donors (Lipinski definition) is 2. The predicted octanol–water partition coefficient (Wildman–Crippen LogP) is 1.89. The van der Waals surface area contributed by atoms with E-state index in [1.165, 1.54) is 38.9 Å². The summed E-state index contributed by atoms with van der Waals surface area (Å²) in [6.45, 7) is 10.7. The molecule has 2 N–H and O–H groups in total. The van der Waals surface area contributed by atoms with Crippen molar-refractivity contribution < 1.29 is 9.53 Å². The van der Waals surface area contributed by atoms with Crippen molar-refractivity contribution in [3.05, 3.63) is 0 Å². The Hall–Kier alpha value is -1.50. The molecule has 0 atom stereocenters. The van der Waals surface area contributed by atoms with Crippen molar-refractivity contribution in [2.75, 3.05) is 52.9 Å². The molecule has 2 rings (SSSR count). The van der Waals surface area contributed by atoms with Gasteiger partial charge in [0.2, 0.25) is 0 Å². The van der Waals surface area contributed by atoms with Gasteiger partial charge in [-0.05, 0) is 64.6 Å². The summed E-state index contributed by atoms with van der Waals surface area (Å²) in [7, 11) is 1.83. The molecule has 0 aromatic heterocycles. The van der Waals surface area contributed by atoms with Crippen molar-refractivity contribution >= 4 is 12.1 Å². The van der Waals surface area contributed by atoms with Crippen LogP contribution in [0.15, 0.2) is 4.99 Å². The molecular formula is C19H37N5O2. The maximum absolute atomic E-state index is 11.8. The first-order valence-corrected chi connectivity index (χ1v) is 10.3. The van der Waals surface area contributed by atoms with Crippen molar-refractivity contribution in [2.45, 2.75) is 52.0 Å². The number of piperidine rings is 2. The average molecular weight is 368 g/mol. The highest BCUT2D eigenvalue weighted by molar-refractivity contribution is 5.80. The van der Waals surface area contributed by atoms with Gasteiger partial charge in [0.15, 0.2) is 5.96 Å². The van der Waals surface area contributed by atoms with Crippen LogP contribution in [-0.2, 0) is 4.74 Å². The topological polar surface area (TPSA) is 69.2 Å². The first-order valence-electron chi connectivity index (χ1n) is 10.3. The molecule has 26 heavy (non-hydrogen) atoms. The second-order valence-corrected chi connectivity index (χ2v) is 7.34. The average Bonchev–Trinajstić information content (AvgIpc) is 2.67. The van der Waals surface area contributed by atoms with E-state index in [1.54, 1.807) is 4.90 Å². The fourth-order valence-corrected chi connectivity index (χ4v) is 3.78. The van der Waals surface area contributed by atoms with Crippen LogP contribution in [-0.4, -0.2) is 80.8 Å². The van der Waals surface area contributed by atoms with E-state index in [1.807, 2.05) is 14.0 Å². The molecule has 0 spiro atoms. The van der Waals surface area contributed by atoms with E-state index in [0.29, 0.717) is 12.6 Å². The normalized spacial score (nSPS) is 20.9. The van der Waals surface area contributed by atoms with Crippen LogP contribution >= 0.6 is 0 Å². The van der Waals surface area contributed by atoms with Gasteiger partial charge in [-0.2, -0.15) is 0 Å². The van der Waals surface area contributed by atoms with E-state index in [-0.39, 0.29) is 6.09 Å². The lowest BCUT2D eigenvalue weighted by atomic mass is 9.97. The van der Waals surface area contributed by atoms with E-state index >= 15 is 0 Å². The first-order chi connectivity index (χ1) is 12.7. The fraction of sp³-hybridized carbons (Fsp3) is 0.895. The Morgan fingerprint density at radius 3 is 2.38 bits per heavy atom. The minimum atomic E-state index is -0.192. The molecule has 0 radical (unpaired) electrons. The van der Waals surface area contributed by atoms with E-state index in [4.69, 9.17) is 4.74 Å². The van der Waals surface area contributed by atoms with Crippen molar-refractivity contribution in [1.82, 2.24) is 20.4 Å². The van der Waals surface area contributed by atoms with E-state index < -0.39 is 0 Å². The van der Waals surface area contributed by atoms with Gasteiger partial charge >= 0.3 is 6.09 Å². The molecule has 150 valence electrons. The molecule has 1 amide bonds. The highest BCUT2D eigenvalue weighted by atomic mass is 16.6. The summed E-state index contributed by atoms with van der Waals surface area (Å²) in [5, 5.41) is 7.02. The summed E-state index contributed by atoms with van der Waals surface area (Å²) in [6, 6.07) is 0.360. The van der Waals surface area contributed by atoms with E-state index in [9.17, 15) is 4.79 Å². The molecule has 0 unspecified atom stereocenters. The Labute approximate surface area is 158 Å². The monoisotopic (exact) mass is 367 g/mol. The zero-order chi connectivity index (χ0) is 18.8. The van der Waals surface area contributed by atoms with Crippen LogP contribution in [0.5, 0.6) is 0 Å². The molecule has 0 aromatic carbocycles. The summed E-state index contributed by atoms with van der Waals surface area (Å²) in [5.41, 5.74) is 0. The Kier molecular flexibility index (Phi) is 9.01. The van der Waals surface area contributed by atoms with E-state index in [2.05, 4.69) is 27.4 Å². The largest absolute Gasteiger partial charge is 0.450 e. The van der Waals surface area contributed by atoms with Gasteiger partial charge in [-0.15, -0.1) is 0 Å². The van der Waals surface area contributed by atoms with Crippen molar-refractivity contribution in [1.29, 1.82) is 0 Å². The summed E-state index contributed by atoms with van der Waals surface area (Å²) in [6.07, 6.45) is 5.44. The summed E-state index contributed by atoms with van der Waals surface area (Å²) >= 11 is 0. The number of nitrogens with one attached hydrogen (secondary N) is 2. The van der Waals surface area contributed by atoms with Gasteiger partial charge in [0.1, 0.15) is 0 Å². The number of aliphatic imine (C=N–C) groups is 1. The molecule has 0 aromatic rings. The highest BCUT2D eigenvalue weighted by Crippen LogP contribution is 2.16. The van der Waals surface area contributed by atoms with E-state index in [0.717, 1.165) is 44.4 Å². The quantitative estimate of drug-likeness (QED) is 0.554. The minimum Gasteiger partial charge on any atom is -0.450 e. The lowest BCUT2D eigenvalue weighted by Gasteiger charge is -2.33. The molecule has 2 aliphatic heterocycles. The summed E-state index contributed by atoms with van der Waals surface area (Å²) < 4.78 is 5.07. The third-order valence-corrected chi connectivity index (χ3v) is 5.39. The van der Waals surface area contributed by atoms with Gasteiger partial charge in [0.05, 0.1) is 6.61 Å². The van der Waals surface area contributed by atoms with Crippen LogP contribution in [0.3, 0.4) is 0 Å². The molecule has 2 saturated heterocycles. The van der Waals surface area contributed by atoms with Crippen molar-refractivity contribution in [2.24, 2.45) is 10.9 Å². The predicted molar refractivity (Wildman–Crippen MR) is 106 cm³/mol. The van der Waals surface area contributed by atoms with Gasteiger partial charge in [-0.25, -0.2) is 4.79 Å². The number of amides is 1. The van der Waals surface area contributed by atoms with Crippen molar-refractivity contribution in [3.63, 3.8) is 0 Å². The third-order valence-electron chi connectivity index (χ3n) is 5.39. The van der Waals surface area contributed by atoms with Crippen LogP contribution in [0, 0.1) is 5.92 Å². The van der Waals surface area contributed by atoms with Crippen LogP contribution in [0.4, 0.5) is 4.79 Å². The number of carbonyl (C=O) groups excluding carboxylic acids is 1.